The minimum atomic E-state index is -0.579. The summed E-state index contributed by atoms with van der Waals surface area (Å²) in [6.07, 6.45) is 1.47. The number of anilines is 1. The molecule has 144 valence electrons. The van der Waals surface area contributed by atoms with E-state index in [0.717, 1.165) is 14.8 Å². The Bertz CT molecular complexity index is 1300. The molecule has 1 aromatic carbocycles. The molecule has 0 fully saturated rings. The van der Waals surface area contributed by atoms with Crippen molar-refractivity contribution in [2.45, 2.75) is 13.5 Å². The molecule has 1 amide bonds. The van der Waals surface area contributed by atoms with Crippen molar-refractivity contribution >= 4 is 43.8 Å². The molecule has 0 aliphatic heterocycles. The van der Waals surface area contributed by atoms with Gasteiger partial charge in [-0.15, -0.1) is 0 Å². The first kappa shape index (κ1) is 18.1. The fourth-order valence-corrected chi connectivity index (χ4v) is 4.20. The first-order valence-electron chi connectivity index (χ1n) is 8.69. The summed E-state index contributed by atoms with van der Waals surface area (Å²) in [6.45, 7) is 1.84. The van der Waals surface area contributed by atoms with Gasteiger partial charge in [0.25, 0.3) is 5.56 Å². The van der Waals surface area contributed by atoms with Gasteiger partial charge in [-0.1, -0.05) is 23.5 Å². The third-order valence-electron chi connectivity index (χ3n) is 4.63. The molecular weight excluding hydrogens is 380 g/mol. The third kappa shape index (κ3) is 2.73. The van der Waals surface area contributed by atoms with Gasteiger partial charge in [0.1, 0.15) is 6.54 Å². The zero-order valence-corrected chi connectivity index (χ0v) is 16.4. The average molecular weight is 398 g/mol. The van der Waals surface area contributed by atoms with E-state index in [1.54, 1.807) is 11.6 Å². The molecule has 0 saturated carbocycles. The molecule has 0 aliphatic carbocycles. The number of aromatic nitrogens is 5. The number of rotatable bonds is 4. The Balaban J connectivity index is 1.75. The second-order valence-corrected chi connectivity index (χ2v) is 7.37. The average Bonchev–Trinajstić information content (AvgIpc) is 3.27. The fourth-order valence-electron chi connectivity index (χ4n) is 3.15. The van der Waals surface area contributed by atoms with Crippen LogP contribution in [0.4, 0.5) is 5.13 Å². The van der Waals surface area contributed by atoms with Gasteiger partial charge >= 0.3 is 5.69 Å². The van der Waals surface area contributed by atoms with E-state index in [9.17, 15) is 14.4 Å². The Kier molecular flexibility index (Phi) is 4.34. The molecule has 4 rings (SSSR count). The van der Waals surface area contributed by atoms with Gasteiger partial charge in [0, 0.05) is 20.6 Å². The molecule has 0 saturated heterocycles. The second-order valence-electron chi connectivity index (χ2n) is 6.36. The summed E-state index contributed by atoms with van der Waals surface area (Å²) in [5.41, 5.74) is 0.257. The summed E-state index contributed by atoms with van der Waals surface area (Å²) >= 11 is 1.40. The maximum absolute atomic E-state index is 13.0. The van der Waals surface area contributed by atoms with Crippen LogP contribution in [0.1, 0.15) is 6.92 Å². The van der Waals surface area contributed by atoms with Crippen LogP contribution in [0.3, 0.4) is 0 Å². The molecule has 0 bridgehead atoms. The first-order valence-corrected chi connectivity index (χ1v) is 9.50. The zero-order valence-electron chi connectivity index (χ0n) is 15.6. The lowest BCUT2D eigenvalue weighted by Gasteiger charge is -2.18. The van der Waals surface area contributed by atoms with Crippen molar-refractivity contribution in [1.29, 1.82) is 0 Å². The number of thiazole rings is 1. The number of nitrogens with zero attached hydrogens (tertiary/aromatic N) is 6. The van der Waals surface area contributed by atoms with Crippen molar-refractivity contribution in [3.8, 4) is 0 Å². The highest BCUT2D eigenvalue weighted by atomic mass is 32.1. The summed E-state index contributed by atoms with van der Waals surface area (Å²) in [4.78, 5) is 48.5. The highest BCUT2D eigenvalue weighted by Crippen LogP contribution is 2.28. The van der Waals surface area contributed by atoms with E-state index >= 15 is 0 Å². The van der Waals surface area contributed by atoms with Crippen LogP contribution in [0.25, 0.3) is 21.4 Å². The molecule has 4 aromatic rings. The molecule has 3 aromatic heterocycles. The quantitative estimate of drug-likeness (QED) is 0.513. The van der Waals surface area contributed by atoms with Gasteiger partial charge in [-0.2, -0.15) is 0 Å². The van der Waals surface area contributed by atoms with Crippen LogP contribution in [0, 0.1) is 0 Å². The molecule has 28 heavy (non-hydrogen) atoms. The Hall–Kier alpha value is -3.27. The summed E-state index contributed by atoms with van der Waals surface area (Å²) < 4.78 is 4.73. The maximum atomic E-state index is 13.0. The van der Waals surface area contributed by atoms with E-state index in [0.29, 0.717) is 17.3 Å². The molecule has 0 aliphatic rings. The summed E-state index contributed by atoms with van der Waals surface area (Å²) in [5, 5.41) is 0.542. The number of para-hydroxylation sites is 1. The van der Waals surface area contributed by atoms with E-state index in [4.69, 9.17) is 0 Å². The zero-order chi connectivity index (χ0) is 20.0. The third-order valence-corrected chi connectivity index (χ3v) is 5.68. The lowest BCUT2D eigenvalue weighted by Crippen LogP contribution is -2.44. The lowest BCUT2D eigenvalue weighted by atomic mass is 10.3. The highest BCUT2D eigenvalue weighted by molar-refractivity contribution is 7.22. The van der Waals surface area contributed by atoms with Crippen LogP contribution in [0.15, 0.2) is 40.2 Å². The van der Waals surface area contributed by atoms with Gasteiger partial charge in [0.15, 0.2) is 16.3 Å². The van der Waals surface area contributed by atoms with Gasteiger partial charge in [-0.05, 0) is 19.1 Å². The number of carbonyl (C=O) groups excluding carboxylic acids is 1. The number of fused-ring (bicyclic) bond motifs is 2. The molecule has 0 atom stereocenters. The van der Waals surface area contributed by atoms with Crippen molar-refractivity contribution in [1.82, 2.24) is 23.7 Å². The van der Waals surface area contributed by atoms with Crippen molar-refractivity contribution in [3.05, 3.63) is 51.4 Å². The minimum Gasteiger partial charge on any atom is -0.328 e. The predicted molar refractivity (Wildman–Crippen MR) is 108 cm³/mol. The lowest BCUT2D eigenvalue weighted by molar-refractivity contribution is -0.119. The number of amides is 1. The van der Waals surface area contributed by atoms with Gasteiger partial charge < -0.3 is 4.57 Å². The summed E-state index contributed by atoms with van der Waals surface area (Å²) in [7, 11) is 3.20. The Labute approximate surface area is 163 Å². The van der Waals surface area contributed by atoms with Crippen LogP contribution in [0.5, 0.6) is 0 Å². The van der Waals surface area contributed by atoms with Crippen LogP contribution in [0.2, 0.25) is 0 Å². The van der Waals surface area contributed by atoms with Crippen LogP contribution in [-0.2, 0) is 25.4 Å². The van der Waals surface area contributed by atoms with Crippen molar-refractivity contribution in [2.24, 2.45) is 14.1 Å². The largest absolute Gasteiger partial charge is 0.332 e. The fraction of sp³-hybridized carbons (Fsp3) is 0.278. The van der Waals surface area contributed by atoms with Crippen LogP contribution in [-0.4, -0.2) is 36.1 Å². The number of aryl methyl sites for hydroxylation is 2. The normalized spacial score (nSPS) is 11.4. The number of imidazole rings is 1. The molecule has 0 radical (unpaired) electrons. The molecule has 10 heteroatoms. The molecule has 9 nitrogen and oxygen atoms in total. The van der Waals surface area contributed by atoms with E-state index in [1.165, 1.54) is 34.2 Å². The number of likely N-dealkylation sites (N-methyl/N-ethyl adjacent to an activating group) is 1. The van der Waals surface area contributed by atoms with Gasteiger partial charge in [0.2, 0.25) is 5.91 Å². The predicted octanol–water partition coefficient (Wildman–Crippen LogP) is 1.10. The van der Waals surface area contributed by atoms with Gasteiger partial charge in [-0.3, -0.25) is 19.1 Å². The van der Waals surface area contributed by atoms with Crippen LogP contribution < -0.4 is 16.1 Å². The standard InChI is InChI=1S/C18H18N6O3S/c1-4-23(17-20-11-7-5-6-8-12(11)28-17)13(25)9-24-16(26)14-15(19-10-21(14)2)22(3)18(24)27/h5-8,10H,4,9H2,1-3H3. The van der Waals surface area contributed by atoms with E-state index in [-0.39, 0.29) is 18.0 Å². The van der Waals surface area contributed by atoms with Crippen LogP contribution >= 0.6 is 11.3 Å². The van der Waals surface area contributed by atoms with E-state index in [1.807, 2.05) is 31.2 Å². The maximum Gasteiger partial charge on any atom is 0.332 e. The molecule has 0 unspecified atom stereocenters. The van der Waals surface area contributed by atoms with Crippen molar-refractivity contribution < 1.29 is 4.79 Å². The number of hydrogen-bond donors (Lipinski definition) is 0. The Morgan fingerprint density at radius 3 is 2.68 bits per heavy atom. The molecule has 0 spiro atoms. The number of carbonyl (C=O) groups is 1. The number of hydrogen-bond acceptors (Lipinski definition) is 6. The summed E-state index contributed by atoms with van der Waals surface area (Å²) in [6, 6.07) is 7.61. The monoisotopic (exact) mass is 398 g/mol. The SMILES string of the molecule is CCN(C(=O)Cn1c(=O)c2c(ncn2C)n(C)c1=O)c1nc2ccccc2s1. The highest BCUT2D eigenvalue weighted by Gasteiger charge is 2.22. The first-order chi connectivity index (χ1) is 13.4. The minimum absolute atomic E-state index is 0.276. The van der Waals surface area contributed by atoms with E-state index < -0.39 is 11.2 Å². The smallest absolute Gasteiger partial charge is 0.328 e. The molecular formula is C18H18N6O3S. The van der Waals surface area contributed by atoms with Crippen molar-refractivity contribution in [3.63, 3.8) is 0 Å². The van der Waals surface area contributed by atoms with Crippen molar-refractivity contribution in [2.75, 3.05) is 11.4 Å². The molecule has 0 N–H and O–H groups in total. The summed E-state index contributed by atoms with van der Waals surface area (Å²) in [5.74, 6) is -0.373. The Morgan fingerprint density at radius 1 is 1.21 bits per heavy atom. The van der Waals surface area contributed by atoms with Gasteiger partial charge in [-0.25, -0.2) is 19.3 Å². The topological polar surface area (TPSA) is 95.0 Å². The van der Waals surface area contributed by atoms with E-state index in [2.05, 4.69) is 9.97 Å². The second kappa shape index (κ2) is 6.71. The van der Waals surface area contributed by atoms with Gasteiger partial charge in [0.05, 0.1) is 16.5 Å². The molecule has 3 heterocycles. The number of benzene rings is 1. The Morgan fingerprint density at radius 2 is 1.96 bits per heavy atom.